The van der Waals surface area contributed by atoms with Gasteiger partial charge in [0.05, 0.1) is 13.7 Å². The number of guanidine groups is 1. The minimum Gasteiger partial charge on any atom is -0.508 e. The predicted molar refractivity (Wildman–Crippen MR) is 289 cm³/mol. The van der Waals surface area contributed by atoms with E-state index in [1.165, 1.54) is 64.3 Å². The van der Waals surface area contributed by atoms with Crippen molar-refractivity contribution in [3.05, 3.63) is 113 Å². The number of esters is 1. The number of alkyl carbamates (subject to hydrolysis) is 1. The number of hydrogen-bond acceptors (Lipinski definition) is 13. The Balaban J connectivity index is 1.46. The molecule has 1 aliphatic carbocycles. The van der Waals surface area contributed by atoms with E-state index in [9.17, 15) is 43.8 Å². The number of carbonyl (C=O) groups is 8. The molecule has 0 spiro atoms. The van der Waals surface area contributed by atoms with Crippen LogP contribution in [0.25, 0.3) is 11.1 Å². The number of rotatable bonds is 28. The van der Waals surface area contributed by atoms with Crippen LogP contribution in [0.1, 0.15) is 94.9 Å². The van der Waals surface area contributed by atoms with Gasteiger partial charge in [-0.05, 0) is 97.0 Å². The zero-order chi connectivity index (χ0) is 57.1. The minimum atomic E-state index is -1.45. The average Bonchev–Trinajstić information content (AvgIpc) is 3.73. The second kappa shape index (κ2) is 29.0. The predicted octanol–water partition coefficient (Wildman–Crippen LogP) is 3.75. The second-order valence-electron chi connectivity index (χ2n) is 19.2. The van der Waals surface area contributed by atoms with Crippen LogP contribution in [0.4, 0.5) is 4.79 Å². The number of carboxylic acid groups (broad SMARTS) is 1. The minimum absolute atomic E-state index is 0.0101. The molecule has 0 heterocycles. The summed E-state index contributed by atoms with van der Waals surface area (Å²) >= 11 is 0. The molecule has 0 unspecified atom stereocenters. The highest BCUT2D eigenvalue weighted by Gasteiger charge is 2.37. The molecule has 6 amide bonds. The number of nitrogens with two attached hydrogens (primary N) is 2. The van der Waals surface area contributed by atoms with Crippen LogP contribution in [0.3, 0.4) is 0 Å². The first kappa shape index (κ1) is 60.2. The van der Waals surface area contributed by atoms with Gasteiger partial charge >= 0.3 is 18.0 Å². The molecule has 0 radical (unpaired) electrons. The molecule has 0 saturated heterocycles. The van der Waals surface area contributed by atoms with Crippen molar-refractivity contribution in [3.8, 4) is 28.4 Å². The number of carboxylic acids is 1. The van der Waals surface area contributed by atoms with E-state index in [0.717, 1.165) is 27.2 Å². The summed E-state index contributed by atoms with van der Waals surface area (Å²) in [7, 11) is 1.40. The van der Waals surface area contributed by atoms with Gasteiger partial charge < -0.3 is 67.4 Å². The Labute approximate surface area is 453 Å². The molecule has 418 valence electrons. The molecule has 0 aromatic heterocycles. The third-order valence-electron chi connectivity index (χ3n) is 13.0. The number of hydrogen-bond donors (Lipinski definition) is 9. The number of phenols is 1. The van der Waals surface area contributed by atoms with Crippen molar-refractivity contribution < 1.29 is 62.8 Å². The van der Waals surface area contributed by atoms with Gasteiger partial charge in [0.25, 0.3) is 0 Å². The number of phenolic OH excluding ortho intramolecular Hbond substituents is 1. The Morgan fingerprint density at radius 1 is 0.731 bits per heavy atom. The number of aliphatic imine (C=N–C) groups is 1. The van der Waals surface area contributed by atoms with Gasteiger partial charge in [0, 0.05) is 50.9 Å². The number of aromatic hydroxyl groups is 1. The number of nitrogens with one attached hydrogen (secondary N) is 5. The third kappa shape index (κ3) is 17.4. The highest BCUT2D eigenvalue weighted by atomic mass is 16.5. The number of carbonyl (C=O) groups excluding carboxylic acids is 7. The number of benzene rings is 4. The Kier molecular flexibility index (Phi) is 22.4. The number of fused-ring (bicyclic) bond motifs is 3. The molecule has 0 saturated carbocycles. The van der Waals surface area contributed by atoms with E-state index in [0.29, 0.717) is 17.7 Å². The summed E-state index contributed by atoms with van der Waals surface area (Å²) in [5.41, 5.74) is 15.9. The van der Waals surface area contributed by atoms with Crippen LogP contribution in [0.2, 0.25) is 0 Å². The Morgan fingerprint density at radius 3 is 1.95 bits per heavy atom. The molecule has 5 rings (SSSR count). The fourth-order valence-electron chi connectivity index (χ4n) is 8.93. The van der Waals surface area contributed by atoms with E-state index in [-0.39, 0.29) is 86.6 Å². The molecular formula is C56H71N9O13. The van der Waals surface area contributed by atoms with Gasteiger partial charge in [-0.2, -0.15) is 0 Å². The SMILES string of the molecule is COc1ccc(CN(C(=O)[C@H](CCCCNC(C)=O)NC(=O)[C@H](CCCN=C(N)N)NC(=O)OCC2c3ccccc3-c3ccccc32)[C@@H](C)C(=O)N[C@H](C(=O)N[C@@H](Cc2ccc(O)cc2)C(=O)O)C(C)C)c(OC(C)=O)c1. The largest absolute Gasteiger partial charge is 0.508 e. The third-order valence-corrected chi connectivity index (χ3v) is 13.0. The molecule has 4 aromatic rings. The molecule has 22 nitrogen and oxygen atoms in total. The second-order valence-corrected chi connectivity index (χ2v) is 19.2. The number of ether oxygens (including phenoxy) is 3. The number of unbranched alkanes of at least 4 members (excludes halogenated alkanes) is 1. The van der Waals surface area contributed by atoms with Crippen LogP contribution < -0.4 is 47.5 Å². The van der Waals surface area contributed by atoms with Gasteiger partial charge in [-0.15, -0.1) is 0 Å². The number of nitrogens with zero attached hydrogens (tertiary/aromatic N) is 2. The van der Waals surface area contributed by atoms with Gasteiger partial charge in [-0.3, -0.25) is 33.8 Å². The van der Waals surface area contributed by atoms with E-state index >= 15 is 4.79 Å². The van der Waals surface area contributed by atoms with Crippen molar-refractivity contribution in [2.24, 2.45) is 22.4 Å². The number of amides is 6. The van der Waals surface area contributed by atoms with Crippen molar-refractivity contribution >= 4 is 53.5 Å². The summed E-state index contributed by atoms with van der Waals surface area (Å²) in [5.74, 6) is -6.47. The topological polar surface area (TPSA) is 332 Å². The lowest BCUT2D eigenvalue weighted by atomic mass is 9.98. The molecule has 0 bridgehead atoms. The lowest BCUT2D eigenvalue weighted by Crippen LogP contribution is -2.60. The van der Waals surface area contributed by atoms with Gasteiger partial charge in [-0.25, -0.2) is 9.59 Å². The molecular weight excluding hydrogens is 1010 g/mol. The number of aliphatic carboxylic acids is 1. The maximum atomic E-state index is 15.4. The Bertz CT molecular complexity index is 2760. The fourth-order valence-corrected chi connectivity index (χ4v) is 8.93. The maximum absolute atomic E-state index is 15.4. The lowest BCUT2D eigenvalue weighted by molar-refractivity contribution is -0.145. The van der Waals surface area contributed by atoms with Crippen molar-refractivity contribution in [2.75, 3.05) is 26.8 Å². The van der Waals surface area contributed by atoms with Crippen molar-refractivity contribution in [1.82, 2.24) is 31.5 Å². The maximum Gasteiger partial charge on any atom is 0.407 e. The van der Waals surface area contributed by atoms with Gasteiger partial charge in [0.2, 0.25) is 29.5 Å². The fraction of sp³-hybridized carbons (Fsp3) is 0.411. The summed E-state index contributed by atoms with van der Waals surface area (Å²) in [6.07, 6.45) is -0.321. The molecule has 0 fully saturated rings. The molecule has 4 aromatic carbocycles. The standard InChI is InChI=1S/C56H71N9O13/c1-32(2)49(52(71)62-47(54(73)74)28-36-20-23-38(68)24-21-36)64-50(69)33(3)65(30-37-22-25-39(76-6)29-48(37)78-35(5)67)53(72)46(18-11-12-26-59-34(4)66)61-51(70)45(19-13-27-60-55(57)58)63-56(75)77-31-44-42-16-9-7-14-40(42)41-15-8-10-17-43(41)44/h7-10,14-17,20-25,29,32-33,44-47,49,68H,11-13,18-19,26-28,30-31H2,1-6H3,(H,59,66)(H,61,70)(H,62,71)(H,63,75)(H,64,69)(H,73,74)(H4,57,58,60)/t33-,45-,46-,47-,49-/m0/s1. The first-order valence-corrected chi connectivity index (χ1v) is 25.7. The van der Waals surface area contributed by atoms with Crippen molar-refractivity contribution in [2.45, 2.75) is 116 Å². The van der Waals surface area contributed by atoms with E-state index in [1.807, 2.05) is 48.5 Å². The Hall–Kier alpha value is -8.69. The summed E-state index contributed by atoms with van der Waals surface area (Å²) in [5, 5.41) is 33.2. The first-order chi connectivity index (χ1) is 37.2. The van der Waals surface area contributed by atoms with Crippen LogP contribution in [0, 0.1) is 5.92 Å². The highest BCUT2D eigenvalue weighted by molar-refractivity contribution is 5.96. The zero-order valence-corrected chi connectivity index (χ0v) is 44.7. The molecule has 5 atom stereocenters. The van der Waals surface area contributed by atoms with Gasteiger partial charge in [0.15, 0.2) is 5.96 Å². The number of methoxy groups -OCH3 is 1. The molecule has 11 N–H and O–H groups in total. The van der Waals surface area contributed by atoms with Crippen molar-refractivity contribution in [3.63, 3.8) is 0 Å². The van der Waals surface area contributed by atoms with E-state index < -0.39 is 84.3 Å². The van der Waals surface area contributed by atoms with Gasteiger partial charge in [0.1, 0.15) is 54.1 Å². The van der Waals surface area contributed by atoms with E-state index in [4.69, 9.17) is 25.7 Å². The highest BCUT2D eigenvalue weighted by Crippen LogP contribution is 2.44. The zero-order valence-electron chi connectivity index (χ0n) is 44.7. The summed E-state index contributed by atoms with van der Waals surface area (Å²) in [6.45, 7) is 7.03. The quantitative estimate of drug-likeness (QED) is 0.0129. The monoisotopic (exact) mass is 1080 g/mol. The summed E-state index contributed by atoms with van der Waals surface area (Å²) in [6, 6.07) is 18.9. The van der Waals surface area contributed by atoms with Crippen LogP contribution >= 0.6 is 0 Å². The lowest BCUT2D eigenvalue weighted by Gasteiger charge is -2.34. The molecule has 0 aliphatic heterocycles. The average molecular weight is 1080 g/mol. The molecule has 1 aliphatic rings. The molecule has 78 heavy (non-hydrogen) atoms. The van der Waals surface area contributed by atoms with Crippen LogP contribution in [-0.2, 0) is 51.3 Å². The summed E-state index contributed by atoms with van der Waals surface area (Å²) < 4.78 is 16.7. The molecule has 22 heteroatoms. The van der Waals surface area contributed by atoms with E-state index in [2.05, 4.69) is 31.6 Å². The van der Waals surface area contributed by atoms with Crippen molar-refractivity contribution in [1.29, 1.82) is 0 Å². The van der Waals surface area contributed by atoms with Crippen LogP contribution in [0.15, 0.2) is 96.0 Å². The normalized spacial score (nSPS) is 13.4. The van der Waals surface area contributed by atoms with Crippen LogP contribution in [0.5, 0.6) is 17.2 Å². The van der Waals surface area contributed by atoms with Gasteiger partial charge in [-0.1, -0.05) is 74.5 Å². The van der Waals surface area contributed by atoms with Crippen LogP contribution in [-0.4, -0.2) is 126 Å². The smallest absolute Gasteiger partial charge is 0.407 e. The Morgan fingerprint density at radius 2 is 1.36 bits per heavy atom. The van der Waals surface area contributed by atoms with E-state index in [1.54, 1.807) is 19.9 Å². The summed E-state index contributed by atoms with van der Waals surface area (Å²) in [4.78, 5) is 114. The first-order valence-electron chi connectivity index (χ1n) is 25.7.